The third kappa shape index (κ3) is 4.04. The summed E-state index contributed by atoms with van der Waals surface area (Å²) < 4.78 is 4.59. The first-order valence-electron chi connectivity index (χ1n) is 15.1. The van der Waals surface area contributed by atoms with Crippen LogP contribution in [0.25, 0.3) is 66.1 Å². The summed E-state index contributed by atoms with van der Waals surface area (Å²) in [6.45, 7) is 6.25. The number of hydrogen-bond acceptors (Lipinski definition) is 2. The normalized spacial score (nSPS) is 11.4. The zero-order chi connectivity index (χ0) is 30.8. The van der Waals surface area contributed by atoms with Crippen LogP contribution in [0.2, 0.25) is 0 Å². The highest BCUT2D eigenvalue weighted by Crippen LogP contribution is 2.43. The van der Waals surface area contributed by atoms with Crippen molar-refractivity contribution in [3.8, 4) is 34.6 Å². The van der Waals surface area contributed by atoms with Crippen LogP contribution in [0.3, 0.4) is 0 Å². The van der Waals surface area contributed by atoms with Gasteiger partial charge in [0.1, 0.15) is 0 Å². The van der Waals surface area contributed by atoms with Crippen molar-refractivity contribution in [2.24, 2.45) is 0 Å². The maximum absolute atomic E-state index is 10.5. The van der Waals surface area contributed by atoms with Crippen molar-refractivity contribution in [3.05, 3.63) is 143 Å². The molecule has 0 aliphatic carbocycles. The molecule has 0 unspecified atom stereocenters. The fourth-order valence-electron chi connectivity index (χ4n) is 7.00. The average molecular weight is 577 g/mol. The molecule has 6 aromatic carbocycles. The lowest BCUT2D eigenvalue weighted by Crippen LogP contribution is -2.05. The number of fused-ring (bicyclic) bond motifs is 6. The molecule has 0 aliphatic heterocycles. The molecule has 212 valence electrons. The second-order valence-corrected chi connectivity index (χ2v) is 11.9. The molecule has 0 N–H and O–H groups in total. The number of benzene rings is 6. The standard InChI is InChI=1S/C41H28N4/c1-25-12-14-33-31-8-4-6-10-35(31)44(37(33)18-25)39-21-29(24-43)22-40(41(39)30-17-27(3)16-28(20-30)23-42)45-36-11-7-5-9-32(36)34-15-13-26(2)19-38(34)45/h4-22H,1-3H3. The Labute approximate surface area is 261 Å². The van der Waals surface area contributed by atoms with Crippen LogP contribution in [0.5, 0.6) is 0 Å². The Morgan fingerprint density at radius 3 is 1.42 bits per heavy atom. The highest BCUT2D eigenvalue weighted by atomic mass is 15.0. The summed E-state index contributed by atoms with van der Waals surface area (Å²) in [6.07, 6.45) is 0. The van der Waals surface area contributed by atoms with E-state index < -0.39 is 0 Å². The summed E-state index contributed by atoms with van der Waals surface area (Å²) in [4.78, 5) is 0. The smallest absolute Gasteiger partial charge is 0.0993 e. The average Bonchev–Trinajstić information content (AvgIpc) is 3.55. The van der Waals surface area contributed by atoms with Gasteiger partial charge in [-0.25, -0.2) is 0 Å². The second kappa shape index (κ2) is 9.98. The first kappa shape index (κ1) is 26.5. The van der Waals surface area contributed by atoms with Crippen molar-refractivity contribution >= 4 is 43.6 Å². The highest BCUT2D eigenvalue weighted by Gasteiger charge is 2.23. The Bertz CT molecular complexity index is 2460. The largest absolute Gasteiger partial charge is 0.308 e. The van der Waals surface area contributed by atoms with Crippen molar-refractivity contribution in [2.75, 3.05) is 0 Å². The zero-order valence-corrected chi connectivity index (χ0v) is 25.3. The van der Waals surface area contributed by atoms with Crippen molar-refractivity contribution in [1.82, 2.24) is 9.13 Å². The van der Waals surface area contributed by atoms with Crippen LogP contribution in [0, 0.1) is 43.4 Å². The maximum Gasteiger partial charge on any atom is 0.0993 e. The van der Waals surface area contributed by atoms with Crippen LogP contribution < -0.4 is 0 Å². The number of aryl methyl sites for hydroxylation is 3. The van der Waals surface area contributed by atoms with Crippen LogP contribution in [0.1, 0.15) is 27.8 Å². The van der Waals surface area contributed by atoms with Gasteiger partial charge in [0.2, 0.25) is 0 Å². The van der Waals surface area contributed by atoms with Crippen LogP contribution in [0.4, 0.5) is 0 Å². The Kier molecular flexibility index (Phi) is 5.88. The summed E-state index contributed by atoms with van der Waals surface area (Å²) in [5.74, 6) is 0. The number of aromatic nitrogens is 2. The molecule has 0 amide bonds. The third-order valence-electron chi connectivity index (χ3n) is 8.86. The highest BCUT2D eigenvalue weighted by molar-refractivity contribution is 6.12. The Hall–Kier alpha value is -6.10. The lowest BCUT2D eigenvalue weighted by atomic mass is 9.95. The van der Waals surface area contributed by atoms with E-state index in [4.69, 9.17) is 0 Å². The minimum atomic E-state index is 0.564. The Morgan fingerprint density at radius 1 is 0.444 bits per heavy atom. The molecule has 0 saturated heterocycles. The van der Waals surface area contributed by atoms with E-state index in [0.29, 0.717) is 11.1 Å². The summed E-state index contributed by atoms with van der Waals surface area (Å²) in [6, 6.07) is 44.9. The van der Waals surface area contributed by atoms with Gasteiger partial charge in [0.25, 0.3) is 0 Å². The molecule has 2 heterocycles. The van der Waals surface area contributed by atoms with Crippen LogP contribution in [0.15, 0.2) is 115 Å². The van der Waals surface area contributed by atoms with Gasteiger partial charge in [0.15, 0.2) is 0 Å². The molecule has 0 fully saturated rings. The van der Waals surface area contributed by atoms with E-state index in [0.717, 1.165) is 82.8 Å². The van der Waals surface area contributed by atoms with Gasteiger partial charge < -0.3 is 9.13 Å². The molecule has 0 bridgehead atoms. The van der Waals surface area contributed by atoms with Crippen molar-refractivity contribution in [3.63, 3.8) is 0 Å². The molecule has 4 nitrogen and oxygen atoms in total. The molecule has 45 heavy (non-hydrogen) atoms. The first-order valence-corrected chi connectivity index (χ1v) is 15.1. The Balaban J connectivity index is 1.63. The SMILES string of the molecule is Cc1cc(C#N)cc(-c2c(-n3c4ccccc4c4ccc(C)cc43)cc(C#N)cc2-n2c3ccccc3c3ccc(C)cc32)c1. The minimum absolute atomic E-state index is 0.564. The molecule has 4 heteroatoms. The van der Waals surface area contributed by atoms with Gasteiger partial charge in [-0.3, -0.25) is 0 Å². The number of hydrogen-bond donors (Lipinski definition) is 0. The van der Waals surface area contributed by atoms with Gasteiger partial charge in [-0.05, 0) is 91.6 Å². The summed E-state index contributed by atoms with van der Waals surface area (Å²) in [5, 5.41) is 25.2. The third-order valence-corrected chi connectivity index (χ3v) is 8.86. The van der Waals surface area contributed by atoms with Crippen molar-refractivity contribution < 1.29 is 0 Å². The fourth-order valence-corrected chi connectivity index (χ4v) is 7.00. The van der Waals surface area contributed by atoms with E-state index in [1.165, 1.54) is 0 Å². The van der Waals surface area contributed by atoms with Crippen molar-refractivity contribution in [1.29, 1.82) is 10.5 Å². The summed E-state index contributed by atoms with van der Waals surface area (Å²) >= 11 is 0. The summed E-state index contributed by atoms with van der Waals surface area (Å²) in [7, 11) is 0. The topological polar surface area (TPSA) is 57.4 Å². The summed E-state index contributed by atoms with van der Waals surface area (Å²) in [5.41, 5.74) is 12.4. The number of nitrogens with zero attached hydrogens (tertiary/aromatic N) is 4. The van der Waals surface area contributed by atoms with E-state index >= 15 is 0 Å². The molecule has 0 aliphatic rings. The van der Waals surface area contributed by atoms with Crippen LogP contribution in [-0.2, 0) is 0 Å². The van der Waals surface area contributed by atoms with E-state index in [1.54, 1.807) is 0 Å². The van der Waals surface area contributed by atoms with Crippen LogP contribution in [-0.4, -0.2) is 9.13 Å². The molecule has 8 rings (SSSR count). The van der Waals surface area contributed by atoms with Gasteiger partial charge >= 0.3 is 0 Å². The number of rotatable bonds is 3. The quantitative estimate of drug-likeness (QED) is 0.210. The molecule has 0 atom stereocenters. The molecule has 8 aromatic rings. The van der Waals surface area contributed by atoms with Gasteiger partial charge in [0, 0.05) is 27.1 Å². The van der Waals surface area contributed by atoms with Crippen LogP contribution >= 0.6 is 0 Å². The zero-order valence-electron chi connectivity index (χ0n) is 25.3. The number of para-hydroxylation sites is 2. The molecule has 2 aromatic heterocycles. The lowest BCUT2D eigenvalue weighted by molar-refractivity contribution is 1.13. The molecular formula is C41H28N4. The maximum atomic E-state index is 10.5. The van der Waals surface area contributed by atoms with E-state index in [-0.39, 0.29) is 0 Å². The van der Waals surface area contributed by atoms with E-state index in [1.807, 2.05) is 31.2 Å². The minimum Gasteiger partial charge on any atom is -0.308 e. The van der Waals surface area contributed by atoms with Gasteiger partial charge in [-0.15, -0.1) is 0 Å². The Morgan fingerprint density at radius 2 is 0.911 bits per heavy atom. The van der Waals surface area contributed by atoms with Gasteiger partial charge in [-0.2, -0.15) is 10.5 Å². The predicted octanol–water partition coefficient (Wildman–Crippen LogP) is 10.2. The molecule has 0 saturated carbocycles. The van der Waals surface area contributed by atoms with Gasteiger partial charge in [0.05, 0.1) is 56.7 Å². The molecule has 0 spiro atoms. The predicted molar refractivity (Wildman–Crippen MR) is 184 cm³/mol. The number of nitriles is 2. The second-order valence-electron chi connectivity index (χ2n) is 11.9. The van der Waals surface area contributed by atoms with E-state index in [9.17, 15) is 10.5 Å². The first-order chi connectivity index (χ1) is 21.9. The fraction of sp³-hybridized carbons (Fsp3) is 0.0732. The van der Waals surface area contributed by atoms with Gasteiger partial charge in [-0.1, -0.05) is 66.7 Å². The van der Waals surface area contributed by atoms with Crippen molar-refractivity contribution in [2.45, 2.75) is 20.8 Å². The van der Waals surface area contributed by atoms with E-state index in [2.05, 4.69) is 126 Å². The molecular weight excluding hydrogens is 548 g/mol. The monoisotopic (exact) mass is 576 g/mol. The lowest BCUT2D eigenvalue weighted by Gasteiger charge is -2.21. The molecule has 0 radical (unpaired) electrons.